The number of nitrogens with zero attached hydrogens (tertiary/aromatic N) is 2. The lowest BCUT2D eigenvalue weighted by atomic mass is 10.1. The van der Waals surface area contributed by atoms with Crippen LogP contribution in [0, 0.1) is 6.92 Å². The van der Waals surface area contributed by atoms with Crippen LogP contribution in [-0.2, 0) is 10.0 Å². The highest BCUT2D eigenvalue weighted by Gasteiger charge is 2.19. The Kier molecular flexibility index (Phi) is 3.96. The van der Waals surface area contributed by atoms with Crippen molar-refractivity contribution in [1.29, 1.82) is 0 Å². The molecule has 0 atom stereocenters. The minimum Gasteiger partial charge on any atom is -0.389 e. The normalized spacial score (nSPS) is 11.1. The third-order valence-electron chi connectivity index (χ3n) is 2.55. The molecule has 6 nitrogen and oxygen atoms in total. The Hall–Kier alpha value is -2.06. The average molecular weight is 308 g/mol. The van der Waals surface area contributed by atoms with Gasteiger partial charge in [-0.05, 0) is 24.6 Å². The Morgan fingerprint density at radius 2 is 1.95 bits per heavy atom. The number of aromatic nitrogens is 2. The first-order valence-corrected chi connectivity index (χ1v) is 7.49. The van der Waals surface area contributed by atoms with Crippen LogP contribution in [-0.4, -0.2) is 23.4 Å². The lowest BCUT2D eigenvalue weighted by Gasteiger charge is -2.10. The molecule has 0 aliphatic heterocycles. The Morgan fingerprint density at radius 3 is 2.55 bits per heavy atom. The summed E-state index contributed by atoms with van der Waals surface area (Å²) in [6.07, 6.45) is 2.90. The number of hydrogen-bond acceptors (Lipinski definition) is 5. The summed E-state index contributed by atoms with van der Waals surface area (Å²) in [5.74, 6) is 0.00706. The molecule has 0 aliphatic rings. The van der Waals surface area contributed by atoms with Gasteiger partial charge in [-0.25, -0.2) is 23.1 Å². The molecule has 0 fully saturated rings. The molecule has 0 saturated carbocycles. The van der Waals surface area contributed by atoms with E-state index in [1.807, 2.05) is 0 Å². The summed E-state index contributed by atoms with van der Waals surface area (Å²) < 4.78 is 27.0. The molecule has 2 rings (SSSR count). The highest BCUT2D eigenvalue weighted by molar-refractivity contribution is 7.92. The van der Waals surface area contributed by atoms with E-state index in [2.05, 4.69) is 14.7 Å². The molecule has 0 amide bonds. The second-order valence-corrected chi connectivity index (χ2v) is 6.11. The fourth-order valence-electron chi connectivity index (χ4n) is 1.57. The van der Waals surface area contributed by atoms with E-state index in [9.17, 15) is 8.42 Å². The lowest BCUT2D eigenvalue weighted by molar-refractivity contribution is 0.600. The first-order valence-electron chi connectivity index (χ1n) is 5.60. The summed E-state index contributed by atoms with van der Waals surface area (Å²) in [6, 6.07) is 6.35. The van der Waals surface area contributed by atoms with Gasteiger partial charge in [0.15, 0.2) is 0 Å². The van der Waals surface area contributed by atoms with Gasteiger partial charge in [0.05, 0.1) is 4.90 Å². The second kappa shape index (κ2) is 5.51. The van der Waals surface area contributed by atoms with Crippen molar-refractivity contribution in [3.8, 4) is 0 Å². The Labute approximate surface area is 122 Å². The molecular weight excluding hydrogens is 296 g/mol. The van der Waals surface area contributed by atoms with E-state index in [0.29, 0.717) is 11.1 Å². The highest BCUT2D eigenvalue weighted by atomic mass is 32.2. The van der Waals surface area contributed by atoms with E-state index < -0.39 is 10.0 Å². The van der Waals surface area contributed by atoms with Crippen molar-refractivity contribution >= 4 is 33.2 Å². The molecule has 104 valence electrons. The van der Waals surface area contributed by atoms with Crippen LogP contribution in [0.25, 0.3) is 0 Å². The molecule has 3 N–H and O–H groups in total. The molecule has 1 heterocycles. The number of rotatable bonds is 4. The fraction of sp³-hybridized carbons (Fsp3) is 0.0833. The number of benzene rings is 1. The van der Waals surface area contributed by atoms with Gasteiger partial charge < -0.3 is 5.73 Å². The van der Waals surface area contributed by atoms with Gasteiger partial charge in [0.25, 0.3) is 10.0 Å². The molecule has 1 aromatic carbocycles. The number of nitrogens with one attached hydrogen (secondary N) is 1. The zero-order valence-electron chi connectivity index (χ0n) is 10.6. The monoisotopic (exact) mass is 308 g/mol. The lowest BCUT2D eigenvalue weighted by Crippen LogP contribution is -2.17. The van der Waals surface area contributed by atoms with E-state index in [0.717, 1.165) is 0 Å². The number of aryl methyl sites for hydroxylation is 1. The molecule has 0 aliphatic carbocycles. The summed E-state index contributed by atoms with van der Waals surface area (Å²) in [6.45, 7) is 1.68. The maximum Gasteiger partial charge on any atom is 0.264 e. The van der Waals surface area contributed by atoms with E-state index >= 15 is 0 Å². The molecule has 0 unspecified atom stereocenters. The number of sulfonamides is 1. The predicted molar refractivity (Wildman–Crippen MR) is 79.9 cm³/mol. The van der Waals surface area contributed by atoms with Crippen LogP contribution in [0.2, 0.25) is 0 Å². The highest BCUT2D eigenvalue weighted by Crippen LogP contribution is 2.19. The Bertz CT molecular complexity index is 745. The summed E-state index contributed by atoms with van der Waals surface area (Å²) in [5.41, 5.74) is 6.58. The topological polar surface area (TPSA) is 98.0 Å². The molecule has 0 bridgehead atoms. The molecule has 8 heteroatoms. The molecular formula is C12H12N4O2S2. The maximum atomic E-state index is 12.3. The number of hydrogen-bond donors (Lipinski definition) is 2. The van der Waals surface area contributed by atoms with Gasteiger partial charge in [0.1, 0.15) is 4.99 Å². The van der Waals surface area contributed by atoms with Crippen LogP contribution in [0.5, 0.6) is 0 Å². The van der Waals surface area contributed by atoms with Crippen LogP contribution in [0.15, 0.2) is 41.6 Å². The third-order valence-corrected chi connectivity index (χ3v) is 4.26. The molecule has 2 aromatic rings. The van der Waals surface area contributed by atoms with Gasteiger partial charge in [-0.15, -0.1) is 0 Å². The average Bonchev–Trinajstić information content (AvgIpc) is 2.39. The summed E-state index contributed by atoms with van der Waals surface area (Å²) in [5, 5.41) is 0. The van der Waals surface area contributed by atoms with Crippen LogP contribution >= 0.6 is 12.2 Å². The summed E-state index contributed by atoms with van der Waals surface area (Å²) >= 11 is 4.86. The van der Waals surface area contributed by atoms with Gasteiger partial charge in [-0.3, -0.25) is 0 Å². The third kappa shape index (κ3) is 3.09. The molecule has 0 radical (unpaired) electrons. The summed E-state index contributed by atoms with van der Waals surface area (Å²) in [4.78, 5) is 7.88. The first-order chi connectivity index (χ1) is 9.40. The van der Waals surface area contributed by atoms with Crippen molar-refractivity contribution in [2.45, 2.75) is 11.8 Å². The van der Waals surface area contributed by atoms with E-state index in [-0.39, 0.29) is 15.8 Å². The van der Waals surface area contributed by atoms with Crippen LogP contribution in [0.4, 0.5) is 5.95 Å². The van der Waals surface area contributed by atoms with Crippen molar-refractivity contribution in [3.63, 3.8) is 0 Å². The van der Waals surface area contributed by atoms with Gasteiger partial charge in [-0.2, -0.15) is 0 Å². The minimum absolute atomic E-state index is 0.00706. The van der Waals surface area contributed by atoms with Crippen LogP contribution < -0.4 is 10.5 Å². The molecule has 1 aromatic heterocycles. The van der Waals surface area contributed by atoms with E-state index in [1.54, 1.807) is 25.1 Å². The Morgan fingerprint density at radius 1 is 1.30 bits per heavy atom. The van der Waals surface area contributed by atoms with Gasteiger partial charge in [0.2, 0.25) is 5.95 Å². The number of nitrogens with two attached hydrogens (primary N) is 1. The largest absolute Gasteiger partial charge is 0.389 e. The zero-order valence-corrected chi connectivity index (χ0v) is 12.2. The molecule has 0 saturated heterocycles. The van der Waals surface area contributed by atoms with Crippen molar-refractivity contribution < 1.29 is 8.42 Å². The first kappa shape index (κ1) is 14.4. The SMILES string of the molecule is Cc1ccc(C(N)=S)cc1S(=O)(=O)Nc1ncccn1. The van der Waals surface area contributed by atoms with Crippen molar-refractivity contribution in [2.75, 3.05) is 4.72 Å². The van der Waals surface area contributed by atoms with Gasteiger partial charge >= 0.3 is 0 Å². The van der Waals surface area contributed by atoms with E-state index in [4.69, 9.17) is 18.0 Å². The number of thiocarbonyl (C=S) groups is 1. The van der Waals surface area contributed by atoms with Crippen molar-refractivity contribution in [1.82, 2.24) is 9.97 Å². The fourth-order valence-corrected chi connectivity index (χ4v) is 2.93. The van der Waals surface area contributed by atoms with Gasteiger partial charge in [0, 0.05) is 18.0 Å². The van der Waals surface area contributed by atoms with Crippen LogP contribution in [0.3, 0.4) is 0 Å². The molecule has 0 spiro atoms. The summed E-state index contributed by atoms with van der Waals surface area (Å²) in [7, 11) is -3.79. The van der Waals surface area contributed by atoms with Crippen LogP contribution in [0.1, 0.15) is 11.1 Å². The Balaban J connectivity index is 2.44. The predicted octanol–water partition coefficient (Wildman–Crippen LogP) is 1.22. The number of anilines is 1. The van der Waals surface area contributed by atoms with Crippen molar-refractivity contribution in [3.05, 3.63) is 47.8 Å². The smallest absolute Gasteiger partial charge is 0.264 e. The standard InChI is InChI=1S/C12H12N4O2S2/c1-8-3-4-9(11(13)19)7-10(8)20(17,18)16-12-14-5-2-6-15-12/h2-7H,1H3,(H2,13,19)(H,14,15,16). The zero-order chi connectivity index (χ0) is 14.8. The molecule has 20 heavy (non-hydrogen) atoms. The van der Waals surface area contributed by atoms with Crippen molar-refractivity contribution in [2.24, 2.45) is 5.73 Å². The van der Waals surface area contributed by atoms with Gasteiger partial charge in [-0.1, -0.05) is 24.4 Å². The minimum atomic E-state index is -3.79. The maximum absolute atomic E-state index is 12.3. The quantitative estimate of drug-likeness (QED) is 0.824. The van der Waals surface area contributed by atoms with E-state index in [1.165, 1.54) is 18.5 Å². The second-order valence-electron chi connectivity index (χ2n) is 4.02.